The molecule has 0 N–H and O–H groups in total. The van der Waals surface area contributed by atoms with E-state index in [1.165, 1.54) is 82.2 Å². The summed E-state index contributed by atoms with van der Waals surface area (Å²) in [7, 11) is 0. The van der Waals surface area contributed by atoms with E-state index < -0.39 is 4.75 Å². The fourth-order valence-electron chi connectivity index (χ4n) is 2.37. The van der Waals surface area contributed by atoms with Crippen molar-refractivity contribution < 1.29 is 9.53 Å². The molecular formula is C21H38O2S3. The van der Waals surface area contributed by atoms with Crippen LogP contribution in [0.5, 0.6) is 0 Å². The van der Waals surface area contributed by atoms with Crippen molar-refractivity contribution in [3.63, 3.8) is 0 Å². The summed E-state index contributed by atoms with van der Waals surface area (Å²) >= 11 is 8.56. The Kier molecular flexibility index (Phi) is 17.1. The lowest BCUT2D eigenvalue weighted by atomic mass is 10.1. The van der Waals surface area contributed by atoms with E-state index in [9.17, 15) is 4.79 Å². The largest absolute Gasteiger partial charge is 0.434 e. The number of thioether (sulfide) groups is 2. The maximum absolute atomic E-state index is 12.1. The summed E-state index contributed by atoms with van der Waals surface area (Å²) in [6.07, 6.45) is 17.6. The molecule has 2 nitrogen and oxygen atoms in total. The third kappa shape index (κ3) is 15.1. The minimum Gasteiger partial charge on any atom is -0.434 e. The molecule has 0 aliphatic rings. The number of thiocarbonyl (C=S) groups is 1. The zero-order valence-corrected chi connectivity index (χ0v) is 19.6. The van der Waals surface area contributed by atoms with Crippen molar-refractivity contribution in [3.05, 3.63) is 12.3 Å². The van der Waals surface area contributed by atoms with Gasteiger partial charge >= 0.3 is 5.97 Å². The average molecular weight is 419 g/mol. The van der Waals surface area contributed by atoms with Gasteiger partial charge in [0.25, 0.3) is 0 Å². The molecule has 0 unspecified atom stereocenters. The number of hydrogen-bond donors (Lipinski definition) is 0. The Morgan fingerprint density at radius 2 is 1.50 bits per heavy atom. The highest BCUT2D eigenvalue weighted by atomic mass is 32.2. The molecule has 0 aromatic rings. The van der Waals surface area contributed by atoms with Gasteiger partial charge in [0.05, 0.1) is 6.26 Å². The lowest BCUT2D eigenvalue weighted by molar-refractivity contribution is -0.139. The van der Waals surface area contributed by atoms with E-state index in [0.29, 0.717) is 0 Å². The van der Waals surface area contributed by atoms with Crippen LogP contribution < -0.4 is 0 Å². The fraction of sp³-hybridized carbons (Fsp3) is 0.810. The number of carbonyl (C=O) groups is 1. The molecule has 26 heavy (non-hydrogen) atoms. The van der Waals surface area contributed by atoms with E-state index in [4.69, 9.17) is 17.0 Å². The molecule has 0 fully saturated rings. The lowest BCUT2D eigenvalue weighted by Crippen LogP contribution is -2.29. The van der Waals surface area contributed by atoms with Gasteiger partial charge in [-0.25, -0.2) is 0 Å². The van der Waals surface area contributed by atoms with Crippen molar-refractivity contribution in [2.45, 2.75) is 103 Å². The van der Waals surface area contributed by atoms with E-state index in [1.807, 2.05) is 26.8 Å². The van der Waals surface area contributed by atoms with Crippen LogP contribution in [0.2, 0.25) is 0 Å². The van der Waals surface area contributed by atoms with Crippen molar-refractivity contribution in [1.29, 1.82) is 0 Å². The minimum absolute atomic E-state index is 0.242. The first-order valence-corrected chi connectivity index (χ1v) is 12.4. The molecule has 0 bridgehead atoms. The maximum atomic E-state index is 12.1. The van der Waals surface area contributed by atoms with Crippen LogP contribution in [0, 0.1) is 0 Å². The second-order valence-electron chi connectivity index (χ2n) is 7.08. The summed E-state index contributed by atoms with van der Waals surface area (Å²) in [5.74, 6) is 0.803. The minimum atomic E-state index is -0.639. The van der Waals surface area contributed by atoms with Crippen LogP contribution >= 0.6 is 35.7 Å². The van der Waals surface area contributed by atoms with Gasteiger partial charge in [0.15, 0.2) is 0 Å². The smallest absolute Gasteiger partial charge is 0.326 e. The number of rotatable bonds is 15. The Morgan fingerprint density at radius 1 is 0.962 bits per heavy atom. The van der Waals surface area contributed by atoms with Crippen molar-refractivity contribution in [2.24, 2.45) is 0 Å². The van der Waals surface area contributed by atoms with Crippen LogP contribution in [-0.2, 0) is 9.53 Å². The highest BCUT2D eigenvalue weighted by Gasteiger charge is 2.31. The predicted octanol–water partition coefficient (Wildman–Crippen LogP) is 7.90. The lowest BCUT2D eigenvalue weighted by Gasteiger charge is -2.20. The topological polar surface area (TPSA) is 26.3 Å². The number of allylic oxidation sites excluding steroid dienone is 1. The highest BCUT2D eigenvalue weighted by molar-refractivity contribution is 8.47. The summed E-state index contributed by atoms with van der Waals surface area (Å²) in [4.78, 5) is 12.1. The molecule has 0 aliphatic carbocycles. The molecule has 0 saturated heterocycles. The van der Waals surface area contributed by atoms with E-state index in [1.54, 1.807) is 11.8 Å². The van der Waals surface area contributed by atoms with Gasteiger partial charge in [-0.1, -0.05) is 95.6 Å². The first-order valence-electron chi connectivity index (χ1n) is 10.2. The van der Waals surface area contributed by atoms with Gasteiger partial charge in [-0.05, 0) is 38.5 Å². The van der Waals surface area contributed by atoms with Crippen molar-refractivity contribution in [3.8, 4) is 0 Å². The SMILES string of the molecule is CC/C=C\OC(=O)C(C)(C)SC(=S)SCCCCCCCCCCCC. The molecule has 0 saturated carbocycles. The van der Waals surface area contributed by atoms with Gasteiger partial charge < -0.3 is 4.74 Å². The zero-order valence-electron chi connectivity index (χ0n) is 17.2. The fourth-order valence-corrected chi connectivity index (χ4v) is 5.42. The third-order valence-corrected chi connectivity index (χ3v) is 6.83. The molecule has 152 valence electrons. The number of ether oxygens (including phenoxy) is 1. The van der Waals surface area contributed by atoms with Gasteiger partial charge in [-0.3, -0.25) is 4.79 Å². The van der Waals surface area contributed by atoms with Gasteiger partial charge in [-0.15, -0.1) is 11.8 Å². The Balaban J connectivity index is 3.67. The average Bonchev–Trinajstić information content (AvgIpc) is 2.59. The second-order valence-corrected chi connectivity index (χ2v) is 11.0. The van der Waals surface area contributed by atoms with Crippen molar-refractivity contribution in [1.82, 2.24) is 0 Å². The monoisotopic (exact) mass is 418 g/mol. The van der Waals surface area contributed by atoms with Crippen LogP contribution in [0.25, 0.3) is 0 Å². The predicted molar refractivity (Wildman–Crippen MR) is 124 cm³/mol. The van der Waals surface area contributed by atoms with Crippen LogP contribution in [-0.4, -0.2) is 20.0 Å². The quantitative estimate of drug-likeness (QED) is 0.116. The molecule has 0 aromatic heterocycles. The molecule has 5 heteroatoms. The molecule has 0 amide bonds. The second kappa shape index (κ2) is 17.1. The summed E-state index contributed by atoms with van der Waals surface area (Å²) in [6, 6.07) is 0. The Morgan fingerprint density at radius 3 is 2.04 bits per heavy atom. The number of unbranched alkanes of at least 4 members (excludes halogenated alkanes) is 9. The Labute approximate surface area is 175 Å². The van der Waals surface area contributed by atoms with Gasteiger partial charge in [0.2, 0.25) is 0 Å². The zero-order chi connectivity index (χ0) is 19.7. The van der Waals surface area contributed by atoms with Gasteiger partial charge in [-0.2, -0.15) is 0 Å². The van der Waals surface area contributed by atoms with Crippen LogP contribution in [0.1, 0.15) is 98.3 Å². The van der Waals surface area contributed by atoms with Gasteiger partial charge in [0, 0.05) is 0 Å². The summed E-state index contributed by atoms with van der Waals surface area (Å²) in [5, 5.41) is 0. The molecule has 0 rings (SSSR count). The Hall–Kier alpha value is -0.000000000000000111. The maximum Gasteiger partial charge on any atom is 0.326 e. The summed E-state index contributed by atoms with van der Waals surface area (Å²) < 4.78 is 5.35. The molecule has 0 aromatic carbocycles. The van der Waals surface area contributed by atoms with Crippen LogP contribution in [0.4, 0.5) is 0 Å². The van der Waals surface area contributed by atoms with Crippen molar-refractivity contribution in [2.75, 3.05) is 5.75 Å². The first-order chi connectivity index (χ1) is 12.4. The standard InChI is InChI=1S/C21H38O2S3/c1-5-7-9-10-11-12-13-14-15-16-18-25-20(24)26-21(3,4)19(22)23-17-8-6-2/h8,17H,5-7,9-16,18H2,1-4H3/b17-8-. The van der Waals surface area contributed by atoms with E-state index in [-0.39, 0.29) is 5.97 Å². The summed E-state index contributed by atoms with van der Waals surface area (Å²) in [6.45, 7) is 8.00. The van der Waals surface area contributed by atoms with E-state index in [0.717, 1.165) is 15.7 Å². The first kappa shape index (κ1) is 26.0. The molecule has 0 spiro atoms. The number of esters is 1. The molecular weight excluding hydrogens is 380 g/mol. The van der Waals surface area contributed by atoms with E-state index in [2.05, 4.69) is 6.92 Å². The molecule has 0 aliphatic heterocycles. The third-order valence-electron chi connectivity index (χ3n) is 4.05. The highest BCUT2D eigenvalue weighted by Crippen LogP contribution is 2.32. The number of carbonyl (C=O) groups excluding carboxylic acids is 1. The molecule has 0 atom stereocenters. The van der Waals surface area contributed by atoms with Gasteiger partial charge in [0.1, 0.15) is 8.28 Å². The number of hydrogen-bond acceptors (Lipinski definition) is 5. The summed E-state index contributed by atoms with van der Waals surface area (Å²) in [5.41, 5.74) is 0. The van der Waals surface area contributed by atoms with Crippen LogP contribution in [0.15, 0.2) is 12.3 Å². The van der Waals surface area contributed by atoms with Crippen molar-refractivity contribution >= 4 is 45.2 Å². The van der Waals surface area contributed by atoms with Crippen LogP contribution in [0.3, 0.4) is 0 Å². The molecule has 0 radical (unpaired) electrons. The Bertz CT molecular complexity index is 406. The van der Waals surface area contributed by atoms with E-state index >= 15 is 0 Å². The normalized spacial score (nSPS) is 11.8. The molecule has 0 heterocycles.